The van der Waals surface area contributed by atoms with Crippen molar-refractivity contribution in [2.24, 2.45) is 0 Å². The Balaban J connectivity index is 2.09. The molecule has 2 heterocycles. The summed E-state index contributed by atoms with van der Waals surface area (Å²) in [5, 5.41) is 0. The summed E-state index contributed by atoms with van der Waals surface area (Å²) in [5.41, 5.74) is 0.320. The monoisotopic (exact) mass is 504 g/mol. The molecule has 0 aromatic heterocycles. The van der Waals surface area contributed by atoms with Gasteiger partial charge in [0.2, 0.25) is 6.10 Å². The third-order valence-electron chi connectivity index (χ3n) is 5.44. The number of methoxy groups -OCH3 is 1. The van der Waals surface area contributed by atoms with Gasteiger partial charge in [0.25, 0.3) is 0 Å². The molecule has 36 heavy (non-hydrogen) atoms. The van der Waals surface area contributed by atoms with Crippen molar-refractivity contribution in [3.63, 3.8) is 0 Å². The van der Waals surface area contributed by atoms with Crippen LogP contribution < -0.4 is 9.47 Å². The first-order valence-corrected chi connectivity index (χ1v) is 11.3. The van der Waals surface area contributed by atoms with E-state index in [1.54, 1.807) is 13.0 Å². The minimum absolute atomic E-state index is 0.0111. The van der Waals surface area contributed by atoms with Crippen molar-refractivity contribution in [1.82, 2.24) is 0 Å². The predicted molar refractivity (Wildman–Crippen MR) is 121 cm³/mol. The molecule has 0 radical (unpaired) electrons. The van der Waals surface area contributed by atoms with E-state index in [0.717, 1.165) is 6.92 Å². The van der Waals surface area contributed by atoms with Crippen LogP contribution in [0.3, 0.4) is 0 Å². The van der Waals surface area contributed by atoms with Gasteiger partial charge in [-0.1, -0.05) is 6.08 Å². The van der Waals surface area contributed by atoms with Crippen LogP contribution in [0.25, 0.3) is 0 Å². The fourth-order valence-corrected chi connectivity index (χ4v) is 3.93. The molecule has 5 atom stereocenters. The number of rotatable bonds is 4. The summed E-state index contributed by atoms with van der Waals surface area (Å²) in [6.45, 7) is 5.13. The summed E-state index contributed by atoms with van der Waals surface area (Å²) in [5.74, 6) is -3.16. The van der Waals surface area contributed by atoms with Crippen molar-refractivity contribution in [2.75, 3.05) is 7.11 Å². The summed E-state index contributed by atoms with van der Waals surface area (Å²) in [4.78, 5) is 61.3. The lowest BCUT2D eigenvalue weighted by Crippen LogP contribution is -2.40. The molecule has 11 nitrogen and oxygen atoms in total. The van der Waals surface area contributed by atoms with E-state index in [1.165, 1.54) is 39.2 Å². The highest BCUT2D eigenvalue weighted by molar-refractivity contribution is 5.96. The van der Waals surface area contributed by atoms with Crippen LogP contribution in [-0.2, 0) is 38.1 Å². The summed E-state index contributed by atoms with van der Waals surface area (Å²) >= 11 is 0. The summed E-state index contributed by atoms with van der Waals surface area (Å²) in [6, 6.07) is 2.95. The number of carbonyl (C=O) groups is 5. The molecule has 3 rings (SSSR count). The van der Waals surface area contributed by atoms with Gasteiger partial charge in [0.1, 0.15) is 35.4 Å². The molecule has 0 N–H and O–H groups in total. The zero-order valence-electron chi connectivity index (χ0n) is 20.6. The lowest BCUT2D eigenvalue weighted by atomic mass is 9.96. The van der Waals surface area contributed by atoms with Gasteiger partial charge >= 0.3 is 23.9 Å². The zero-order valence-corrected chi connectivity index (χ0v) is 20.6. The van der Waals surface area contributed by atoms with Gasteiger partial charge in [-0.2, -0.15) is 0 Å². The SMILES string of the molecule is COc1cc(OC(C)=O)c2c(c1)[C@H]1O[C@@H]1C[C@H](OC(C)=O)[C@H](OC(C)=O)C(=O)/C=C\C[C@H](C)OC2=O. The van der Waals surface area contributed by atoms with E-state index in [2.05, 4.69) is 0 Å². The lowest BCUT2D eigenvalue weighted by molar-refractivity contribution is -0.169. The number of hydrogen-bond donors (Lipinski definition) is 0. The van der Waals surface area contributed by atoms with Crippen molar-refractivity contribution >= 4 is 29.7 Å². The first-order chi connectivity index (χ1) is 17.0. The maximum atomic E-state index is 13.2. The second-order valence-corrected chi connectivity index (χ2v) is 8.45. The van der Waals surface area contributed by atoms with E-state index < -0.39 is 60.2 Å². The van der Waals surface area contributed by atoms with Crippen LogP contribution in [0.1, 0.15) is 62.6 Å². The average Bonchev–Trinajstić information content (AvgIpc) is 3.53. The highest BCUT2D eigenvalue weighted by Gasteiger charge is 2.48. The van der Waals surface area contributed by atoms with Gasteiger partial charge < -0.3 is 28.4 Å². The van der Waals surface area contributed by atoms with E-state index in [1.807, 2.05) is 0 Å². The minimum atomic E-state index is -1.39. The molecule has 1 saturated heterocycles. The molecule has 1 aromatic carbocycles. The van der Waals surface area contributed by atoms with Gasteiger partial charge in [0.15, 0.2) is 5.78 Å². The number of epoxide rings is 1. The molecular formula is C25H28O11. The molecule has 2 aliphatic rings. The van der Waals surface area contributed by atoms with Crippen LogP contribution in [0.2, 0.25) is 0 Å². The number of esters is 4. The molecule has 0 spiro atoms. The van der Waals surface area contributed by atoms with Crippen LogP contribution in [0.5, 0.6) is 11.5 Å². The standard InChI is InChI=1S/C25H28O11/c1-12-7-6-8-18(29)24(35-15(4)28)21(34-14(3)27)11-20-23(36-20)17-9-16(31-5)10-19(33-13(2)26)22(17)25(30)32-12/h6,8-10,12,20-21,23-24H,7,11H2,1-5H3/b8-6-/t12-,20+,21-,23+,24+/m0/s1. The van der Waals surface area contributed by atoms with Crippen LogP contribution in [-0.4, -0.2) is 61.2 Å². The topological polar surface area (TPSA) is 144 Å². The molecular weight excluding hydrogens is 476 g/mol. The van der Waals surface area contributed by atoms with Crippen molar-refractivity contribution in [1.29, 1.82) is 0 Å². The Morgan fingerprint density at radius 1 is 1.00 bits per heavy atom. The Bertz CT molecular complexity index is 1090. The molecule has 11 heteroatoms. The number of benzene rings is 1. The van der Waals surface area contributed by atoms with E-state index >= 15 is 0 Å². The van der Waals surface area contributed by atoms with E-state index in [4.69, 9.17) is 28.4 Å². The Morgan fingerprint density at radius 2 is 1.69 bits per heavy atom. The maximum Gasteiger partial charge on any atom is 0.342 e. The molecule has 1 aromatic rings. The first kappa shape index (κ1) is 26.9. The number of carbonyl (C=O) groups excluding carboxylic acids is 5. The zero-order chi connectivity index (χ0) is 26.6. The average molecular weight is 504 g/mol. The smallest absolute Gasteiger partial charge is 0.342 e. The molecule has 0 aliphatic carbocycles. The minimum Gasteiger partial charge on any atom is -0.497 e. The molecule has 0 bridgehead atoms. The van der Waals surface area contributed by atoms with E-state index in [9.17, 15) is 24.0 Å². The molecule has 194 valence electrons. The van der Waals surface area contributed by atoms with Gasteiger partial charge in [-0.15, -0.1) is 0 Å². The quantitative estimate of drug-likeness (QED) is 0.258. The fraction of sp³-hybridized carbons (Fsp3) is 0.480. The van der Waals surface area contributed by atoms with Crippen molar-refractivity contribution < 1.29 is 52.4 Å². The second-order valence-electron chi connectivity index (χ2n) is 8.45. The molecule has 0 amide bonds. The number of cyclic esters (lactones) is 1. The van der Waals surface area contributed by atoms with Gasteiger partial charge in [-0.3, -0.25) is 19.2 Å². The van der Waals surface area contributed by atoms with Gasteiger partial charge in [0, 0.05) is 45.2 Å². The molecule has 0 unspecified atom stereocenters. The fourth-order valence-electron chi connectivity index (χ4n) is 3.93. The number of ketones is 1. The van der Waals surface area contributed by atoms with Gasteiger partial charge in [0.05, 0.1) is 13.2 Å². The lowest BCUT2D eigenvalue weighted by Gasteiger charge is -2.24. The van der Waals surface area contributed by atoms with Crippen LogP contribution >= 0.6 is 0 Å². The van der Waals surface area contributed by atoms with Crippen molar-refractivity contribution in [2.45, 2.75) is 71.1 Å². The Labute approximate surface area is 207 Å². The highest BCUT2D eigenvalue weighted by Crippen LogP contribution is 2.47. The molecule has 1 fully saturated rings. The van der Waals surface area contributed by atoms with E-state index in [0.29, 0.717) is 11.3 Å². The first-order valence-electron chi connectivity index (χ1n) is 11.3. The van der Waals surface area contributed by atoms with Crippen LogP contribution in [0.4, 0.5) is 0 Å². The predicted octanol–water partition coefficient (Wildman–Crippen LogP) is 2.39. The summed E-state index contributed by atoms with van der Waals surface area (Å²) < 4.78 is 32.5. The molecule has 2 aliphatic heterocycles. The van der Waals surface area contributed by atoms with Crippen molar-refractivity contribution in [3.8, 4) is 11.5 Å². The normalized spacial score (nSPS) is 26.8. The number of fused-ring (bicyclic) bond motifs is 3. The number of ether oxygens (including phenoxy) is 6. The second kappa shape index (κ2) is 11.3. The van der Waals surface area contributed by atoms with Gasteiger partial charge in [-0.25, -0.2) is 4.79 Å². The highest BCUT2D eigenvalue weighted by atomic mass is 16.6. The van der Waals surface area contributed by atoms with E-state index in [-0.39, 0.29) is 24.2 Å². The third kappa shape index (κ3) is 6.69. The molecule has 0 saturated carbocycles. The van der Waals surface area contributed by atoms with Gasteiger partial charge in [-0.05, 0) is 19.1 Å². The largest absolute Gasteiger partial charge is 0.497 e. The third-order valence-corrected chi connectivity index (χ3v) is 5.44. The van der Waals surface area contributed by atoms with Crippen molar-refractivity contribution in [3.05, 3.63) is 35.4 Å². The summed E-state index contributed by atoms with van der Waals surface area (Å²) in [6.07, 6.45) is -1.77. The Hall–Kier alpha value is -3.73. The Kier molecular flexibility index (Phi) is 8.46. The maximum absolute atomic E-state index is 13.2. The number of hydrogen-bond acceptors (Lipinski definition) is 11. The summed E-state index contributed by atoms with van der Waals surface area (Å²) in [7, 11) is 1.41. The van der Waals surface area contributed by atoms with Crippen LogP contribution in [0, 0.1) is 0 Å². The Morgan fingerprint density at radius 3 is 2.31 bits per heavy atom. The van der Waals surface area contributed by atoms with Crippen LogP contribution in [0.15, 0.2) is 24.3 Å².